The zero-order valence-corrected chi connectivity index (χ0v) is 13.9. The van der Waals surface area contributed by atoms with Crippen LogP contribution in [0.4, 0.5) is 5.00 Å². The van der Waals surface area contributed by atoms with Crippen LogP contribution >= 0.6 is 11.3 Å². The van der Waals surface area contributed by atoms with Crippen LogP contribution in [0.15, 0.2) is 22.1 Å². The number of aryl methyl sites for hydroxylation is 1. The second-order valence-electron chi connectivity index (χ2n) is 5.94. The average Bonchev–Trinajstić information content (AvgIpc) is 3.14. The summed E-state index contributed by atoms with van der Waals surface area (Å²) in [6.45, 7) is 1.73. The van der Waals surface area contributed by atoms with Crippen molar-refractivity contribution in [1.29, 1.82) is 0 Å². The van der Waals surface area contributed by atoms with Crippen molar-refractivity contribution in [2.75, 3.05) is 5.32 Å². The molecule has 6 heteroatoms. The Labute approximate surface area is 138 Å². The van der Waals surface area contributed by atoms with Gasteiger partial charge in [-0.25, -0.2) is 0 Å². The first-order valence-electron chi connectivity index (χ1n) is 7.84. The van der Waals surface area contributed by atoms with Gasteiger partial charge in [-0.3, -0.25) is 9.59 Å². The first-order chi connectivity index (χ1) is 11.1. The van der Waals surface area contributed by atoms with Crippen molar-refractivity contribution in [1.82, 2.24) is 0 Å². The molecule has 2 heterocycles. The fourth-order valence-corrected chi connectivity index (χ4v) is 4.27. The Balaban J connectivity index is 1.87. The van der Waals surface area contributed by atoms with Crippen LogP contribution in [0.3, 0.4) is 0 Å². The summed E-state index contributed by atoms with van der Waals surface area (Å²) in [5.41, 5.74) is 7.51. The summed E-state index contributed by atoms with van der Waals surface area (Å²) in [4.78, 5) is 24.3. The Morgan fingerprint density at radius 3 is 2.65 bits per heavy atom. The van der Waals surface area contributed by atoms with E-state index in [1.54, 1.807) is 13.0 Å². The highest BCUT2D eigenvalue weighted by atomic mass is 32.1. The van der Waals surface area contributed by atoms with Gasteiger partial charge in [-0.1, -0.05) is 19.3 Å². The van der Waals surface area contributed by atoms with E-state index >= 15 is 0 Å². The van der Waals surface area contributed by atoms with E-state index in [1.165, 1.54) is 36.9 Å². The van der Waals surface area contributed by atoms with Crippen LogP contribution in [0, 0.1) is 6.92 Å². The van der Waals surface area contributed by atoms with E-state index in [0.29, 0.717) is 27.8 Å². The standard InChI is InChI=1S/C17H20N2O3S/c1-10-12(7-8-22-10)16(21)19-17-14(15(18)20)13(9-23-17)11-5-3-2-4-6-11/h7-9,11H,2-6H2,1H3,(H2,18,20)(H,19,21). The van der Waals surface area contributed by atoms with Gasteiger partial charge in [0.15, 0.2) is 0 Å². The van der Waals surface area contributed by atoms with Gasteiger partial charge in [0.1, 0.15) is 10.8 Å². The highest BCUT2D eigenvalue weighted by molar-refractivity contribution is 7.15. The zero-order valence-electron chi connectivity index (χ0n) is 13.1. The number of hydrogen-bond acceptors (Lipinski definition) is 4. The summed E-state index contributed by atoms with van der Waals surface area (Å²) < 4.78 is 5.15. The molecular formula is C17H20N2O3S. The van der Waals surface area contributed by atoms with E-state index in [2.05, 4.69) is 5.32 Å². The first-order valence-corrected chi connectivity index (χ1v) is 8.72. The molecule has 0 bridgehead atoms. The summed E-state index contributed by atoms with van der Waals surface area (Å²) in [7, 11) is 0. The molecule has 0 atom stereocenters. The van der Waals surface area contributed by atoms with Crippen LogP contribution < -0.4 is 11.1 Å². The fourth-order valence-electron chi connectivity index (χ4n) is 3.22. The van der Waals surface area contributed by atoms with Crippen molar-refractivity contribution in [2.45, 2.75) is 44.9 Å². The lowest BCUT2D eigenvalue weighted by atomic mass is 9.83. The Hall–Kier alpha value is -2.08. The summed E-state index contributed by atoms with van der Waals surface area (Å²) in [5, 5.41) is 5.31. The quantitative estimate of drug-likeness (QED) is 0.885. The number of hydrogen-bond donors (Lipinski definition) is 2. The largest absolute Gasteiger partial charge is 0.469 e. The molecule has 0 aliphatic heterocycles. The van der Waals surface area contributed by atoms with E-state index in [-0.39, 0.29) is 5.91 Å². The number of nitrogens with one attached hydrogen (secondary N) is 1. The normalized spacial score (nSPS) is 15.5. The third-order valence-corrected chi connectivity index (χ3v) is 5.36. The molecule has 3 rings (SSSR count). The van der Waals surface area contributed by atoms with Gasteiger partial charge in [0, 0.05) is 0 Å². The lowest BCUT2D eigenvalue weighted by molar-refractivity contribution is 0.1000. The maximum Gasteiger partial charge on any atom is 0.259 e. The van der Waals surface area contributed by atoms with Crippen LogP contribution in [0.1, 0.15) is 70.1 Å². The number of primary amides is 1. The van der Waals surface area contributed by atoms with Crippen molar-refractivity contribution in [3.8, 4) is 0 Å². The highest BCUT2D eigenvalue weighted by Gasteiger charge is 2.26. The SMILES string of the molecule is Cc1occc1C(=O)Nc1scc(C2CCCCC2)c1C(N)=O. The lowest BCUT2D eigenvalue weighted by Crippen LogP contribution is -2.19. The smallest absolute Gasteiger partial charge is 0.259 e. The van der Waals surface area contributed by atoms with Gasteiger partial charge in [-0.15, -0.1) is 11.3 Å². The molecule has 0 saturated heterocycles. The Morgan fingerprint density at radius 1 is 1.30 bits per heavy atom. The summed E-state index contributed by atoms with van der Waals surface area (Å²) >= 11 is 1.37. The van der Waals surface area contributed by atoms with Gasteiger partial charge in [0.05, 0.1) is 17.4 Å². The summed E-state index contributed by atoms with van der Waals surface area (Å²) in [5.74, 6) is 0.151. The summed E-state index contributed by atoms with van der Waals surface area (Å²) in [6.07, 6.45) is 7.22. The number of anilines is 1. The minimum Gasteiger partial charge on any atom is -0.469 e. The number of rotatable bonds is 4. The highest BCUT2D eigenvalue weighted by Crippen LogP contribution is 2.40. The van der Waals surface area contributed by atoms with Gasteiger partial charge < -0.3 is 15.5 Å². The molecule has 2 aromatic rings. The monoisotopic (exact) mass is 332 g/mol. The second kappa shape index (κ2) is 6.58. The molecule has 1 aliphatic carbocycles. The van der Waals surface area contributed by atoms with Crippen molar-refractivity contribution >= 4 is 28.2 Å². The zero-order chi connectivity index (χ0) is 16.4. The van der Waals surface area contributed by atoms with E-state index in [1.807, 2.05) is 5.38 Å². The molecule has 0 radical (unpaired) electrons. The molecule has 1 fully saturated rings. The van der Waals surface area contributed by atoms with E-state index in [9.17, 15) is 9.59 Å². The molecule has 3 N–H and O–H groups in total. The van der Waals surface area contributed by atoms with Crippen molar-refractivity contribution < 1.29 is 14.0 Å². The molecule has 2 aromatic heterocycles. The van der Waals surface area contributed by atoms with Gasteiger partial charge in [0.25, 0.3) is 11.8 Å². The number of nitrogens with two attached hydrogens (primary N) is 1. The van der Waals surface area contributed by atoms with Crippen LogP contribution in [0.2, 0.25) is 0 Å². The van der Waals surface area contributed by atoms with Crippen LogP contribution in [-0.4, -0.2) is 11.8 Å². The molecule has 122 valence electrons. The fraction of sp³-hybridized carbons (Fsp3) is 0.412. The Kier molecular flexibility index (Phi) is 4.52. The molecule has 0 unspecified atom stereocenters. The van der Waals surface area contributed by atoms with Gasteiger partial charge in [-0.05, 0) is 42.7 Å². The lowest BCUT2D eigenvalue weighted by Gasteiger charge is -2.21. The summed E-state index contributed by atoms with van der Waals surface area (Å²) in [6, 6.07) is 1.62. The van der Waals surface area contributed by atoms with E-state index in [4.69, 9.17) is 10.2 Å². The van der Waals surface area contributed by atoms with Crippen molar-refractivity contribution in [2.24, 2.45) is 5.73 Å². The first kappa shape index (κ1) is 15.8. The second-order valence-corrected chi connectivity index (χ2v) is 6.82. The average molecular weight is 332 g/mol. The van der Waals surface area contributed by atoms with Gasteiger partial charge in [-0.2, -0.15) is 0 Å². The number of carbonyl (C=O) groups is 2. The van der Waals surface area contributed by atoms with E-state index < -0.39 is 5.91 Å². The number of thiophene rings is 1. The van der Waals surface area contributed by atoms with Crippen LogP contribution in [0.25, 0.3) is 0 Å². The van der Waals surface area contributed by atoms with Crippen molar-refractivity contribution in [3.63, 3.8) is 0 Å². The third-order valence-electron chi connectivity index (χ3n) is 4.44. The van der Waals surface area contributed by atoms with Gasteiger partial charge in [0.2, 0.25) is 0 Å². The molecular weight excluding hydrogens is 312 g/mol. The Morgan fingerprint density at radius 2 is 2.04 bits per heavy atom. The van der Waals surface area contributed by atoms with Gasteiger partial charge >= 0.3 is 0 Å². The predicted molar refractivity (Wildman–Crippen MR) is 90.1 cm³/mol. The topological polar surface area (TPSA) is 85.3 Å². The number of furan rings is 1. The predicted octanol–water partition coefficient (Wildman–Crippen LogP) is 4.05. The molecule has 23 heavy (non-hydrogen) atoms. The number of carbonyl (C=O) groups excluding carboxylic acids is 2. The maximum absolute atomic E-state index is 12.3. The molecule has 5 nitrogen and oxygen atoms in total. The minimum atomic E-state index is -0.481. The molecule has 1 aliphatic rings. The molecule has 0 aromatic carbocycles. The van der Waals surface area contributed by atoms with Crippen LogP contribution in [0.5, 0.6) is 0 Å². The Bertz CT molecular complexity index is 726. The molecule has 2 amide bonds. The van der Waals surface area contributed by atoms with Crippen molar-refractivity contribution in [3.05, 3.63) is 40.2 Å². The number of amides is 2. The molecule has 1 saturated carbocycles. The third kappa shape index (κ3) is 3.17. The van der Waals surface area contributed by atoms with E-state index in [0.717, 1.165) is 18.4 Å². The maximum atomic E-state index is 12.3. The van der Waals surface area contributed by atoms with Crippen LogP contribution in [-0.2, 0) is 0 Å². The minimum absolute atomic E-state index is 0.282. The molecule has 0 spiro atoms.